The number of likely N-dealkylation sites (N-methyl/N-ethyl adjacent to an activating group) is 1. The van der Waals surface area contributed by atoms with Gasteiger partial charge in [0.15, 0.2) is 0 Å². The van der Waals surface area contributed by atoms with Crippen LogP contribution in [0.4, 0.5) is 5.69 Å². The molecule has 1 aromatic rings. The van der Waals surface area contributed by atoms with Crippen LogP contribution >= 0.6 is 0 Å². The van der Waals surface area contributed by atoms with E-state index >= 15 is 0 Å². The van der Waals surface area contributed by atoms with Gasteiger partial charge in [-0.1, -0.05) is 26.8 Å². The Hall–Kier alpha value is -1.22. The smallest absolute Gasteiger partial charge is 0.142 e. The average molecular weight is 236 g/mol. The predicted molar refractivity (Wildman–Crippen MR) is 74.1 cm³/mol. The highest BCUT2D eigenvalue weighted by atomic mass is 16.5. The molecule has 0 saturated heterocycles. The van der Waals surface area contributed by atoms with E-state index in [-0.39, 0.29) is 0 Å². The Labute approximate surface area is 105 Å². The van der Waals surface area contributed by atoms with Gasteiger partial charge in [-0.3, -0.25) is 0 Å². The minimum atomic E-state index is 0.528. The number of nitrogens with one attached hydrogen (secondary N) is 2. The molecule has 0 aliphatic rings. The zero-order chi connectivity index (χ0) is 12.7. The summed E-state index contributed by atoms with van der Waals surface area (Å²) in [5.41, 5.74) is 2.37. The number of benzene rings is 1. The Morgan fingerprint density at radius 2 is 2.00 bits per heavy atom. The van der Waals surface area contributed by atoms with Crippen molar-refractivity contribution in [1.82, 2.24) is 5.32 Å². The van der Waals surface area contributed by atoms with Crippen LogP contribution in [0.5, 0.6) is 5.75 Å². The molecule has 3 nitrogen and oxygen atoms in total. The number of methoxy groups -OCH3 is 1. The third kappa shape index (κ3) is 4.27. The minimum Gasteiger partial charge on any atom is -0.495 e. The molecule has 0 aliphatic carbocycles. The molecule has 0 aromatic heterocycles. The van der Waals surface area contributed by atoms with Crippen LogP contribution in [0.15, 0.2) is 18.2 Å². The Morgan fingerprint density at radius 1 is 1.24 bits per heavy atom. The van der Waals surface area contributed by atoms with Gasteiger partial charge in [-0.25, -0.2) is 0 Å². The summed E-state index contributed by atoms with van der Waals surface area (Å²) in [7, 11) is 1.72. The number of anilines is 1. The highest BCUT2D eigenvalue weighted by Gasteiger charge is 2.06. The van der Waals surface area contributed by atoms with Gasteiger partial charge in [-0.15, -0.1) is 0 Å². The first-order chi connectivity index (χ1) is 8.19. The molecule has 3 heteroatoms. The van der Waals surface area contributed by atoms with Crippen molar-refractivity contribution in [3.05, 3.63) is 23.8 Å². The number of hydrogen-bond donors (Lipinski definition) is 2. The van der Waals surface area contributed by atoms with Crippen LogP contribution in [0, 0.1) is 0 Å². The van der Waals surface area contributed by atoms with Crippen molar-refractivity contribution in [2.24, 2.45) is 0 Å². The van der Waals surface area contributed by atoms with Crippen molar-refractivity contribution in [3.8, 4) is 5.75 Å². The summed E-state index contributed by atoms with van der Waals surface area (Å²) in [6, 6.07) is 6.36. The number of hydrogen-bond acceptors (Lipinski definition) is 3. The first kappa shape index (κ1) is 13.8. The summed E-state index contributed by atoms with van der Waals surface area (Å²) < 4.78 is 5.41. The van der Waals surface area contributed by atoms with Crippen LogP contribution in [0.3, 0.4) is 0 Å². The maximum atomic E-state index is 5.41. The molecule has 0 heterocycles. The summed E-state index contributed by atoms with van der Waals surface area (Å²) in [4.78, 5) is 0. The van der Waals surface area contributed by atoms with Crippen molar-refractivity contribution in [1.29, 1.82) is 0 Å². The van der Waals surface area contributed by atoms with Gasteiger partial charge >= 0.3 is 0 Å². The molecule has 0 aliphatic heterocycles. The molecule has 96 valence electrons. The normalized spacial score (nSPS) is 10.6. The summed E-state index contributed by atoms with van der Waals surface area (Å²) in [5.74, 6) is 1.45. The van der Waals surface area contributed by atoms with E-state index < -0.39 is 0 Å². The van der Waals surface area contributed by atoms with Crippen molar-refractivity contribution in [2.45, 2.75) is 26.7 Å². The van der Waals surface area contributed by atoms with Crippen molar-refractivity contribution < 1.29 is 4.74 Å². The molecule has 0 radical (unpaired) electrons. The van der Waals surface area contributed by atoms with E-state index in [1.807, 2.05) is 0 Å². The largest absolute Gasteiger partial charge is 0.495 e. The van der Waals surface area contributed by atoms with Crippen LogP contribution in [-0.2, 0) is 0 Å². The van der Waals surface area contributed by atoms with Crippen LogP contribution < -0.4 is 15.4 Å². The lowest BCUT2D eigenvalue weighted by Gasteiger charge is -2.14. The van der Waals surface area contributed by atoms with Crippen molar-refractivity contribution in [2.75, 3.05) is 32.1 Å². The summed E-state index contributed by atoms with van der Waals surface area (Å²) in [6.07, 6.45) is 0. The molecular formula is C14H24N2O. The van der Waals surface area contributed by atoms with Crippen molar-refractivity contribution >= 4 is 5.69 Å². The maximum Gasteiger partial charge on any atom is 0.142 e. The fraction of sp³-hybridized carbons (Fsp3) is 0.571. The first-order valence-electron chi connectivity index (χ1n) is 6.31. The van der Waals surface area contributed by atoms with Crippen LogP contribution in [0.25, 0.3) is 0 Å². The second-order valence-corrected chi connectivity index (χ2v) is 4.39. The Bertz CT molecular complexity index is 337. The highest BCUT2D eigenvalue weighted by Crippen LogP contribution is 2.28. The van der Waals surface area contributed by atoms with Crippen LogP contribution in [0.2, 0.25) is 0 Å². The predicted octanol–water partition coefficient (Wildman–Crippen LogP) is 2.84. The third-order valence-electron chi connectivity index (χ3n) is 2.76. The molecular weight excluding hydrogens is 212 g/mol. The second-order valence-electron chi connectivity index (χ2n) is 4.39. The van der Waals surface area contributed by atoms with E-state index in [1.54, 1.807) is 7.11 Å². The van der Waals surface area contributed by atoms with Gasteiger partial charge in [-0.05, 0) is 30.2 Å². The molecule has 1 aromatic carbocycles. The molecule has 0 amide bonds. The molecule has 0 bridgehead atoms. The molecule has 2 N–H and O–H groups in total. The van der Waals surface area contributed by atoms with Gasteiger partial charge in [0, 0.05) is 13.1 Å². The topological polar surface area (TPSA) is 33.3 Å². The lowest BCUT2D eigenvalue weighted by Crippen LogP contribution is -2.21. The van der Waals surface area contributed by atoms with E-state index in [0.717, 1.165) is 31.1 Å². The average Bonchev–Trinajstić information content (AvgIpc) is 2.34. The van der Waals surface area contributed by atoms with Crippen molar-refractivity contribution in [3.63, 3.8) is 0 Å². The SMILES string of the molecule is CCNCCNc1ccc(C(C)C)cc1OC. The summed E-state index contributed by atoms with van der Waals surface area (Å²) in [6.45, 7) is 9.36. The maximum absolute atomic E-state index is 5.41. The van der Waals surface area contributed by atoms with Gasteiger partial charge in [0.1, 0.15) is 5.75 Å². The summed E-state index contributed by atoms with van der Waals surface area (Å²) in [5, 5.41) is 6.66. The van der Waals surface area contributed by atoms with E-state index in [0.29, 0.717) is 5.92 Å². The molecule has 0 fully saturated rings. The zero-order valence-electron chi connectivity index (χ0n) is 11.3. The monoisotopic (exact) mass is 236 g/mol. The molecule has 0 unspecified atom stereocenters. The van der Waals surface area contributed by atoms with E-state index in [1.165, 1.54) is 5.56 Å². The lowest BCUT2D eigenvalue weighted by atomic mass is 10.0. The second kappa shape index (κ2) is 7.17. The fourth-order valence-corrected chi connectivity index (χ4v) is 1.68. The van der Waals surface area contributed by atoms with Crippen LogP contribution in [-0.4, -0.2) is 26.7 Å². The lowest BCUT2D eigenvalue weighted by molar-refractivity contribution is 0.415. The molecule has 0 atom stereocenters. The molecule has 1 rings (SSSR count). The van der Waals surface area contributed by atoms with Gasteiger partial charge < -0.3 is 15.4 Å². The minimum absolute atomic E-state index is 0.528. The summed E-state index contributed by atoms with van der Waals surface area (Å²) >= 11 is 0. The quantitative estimate of drug-likeness (QED) is 0.714. The Balaban J connectivity index is 2.65. The van der Waals surface area contributed by atoms with E-state index in [2.05, 4.69) is 49.6 Å². The fourth-order valence-electron chi connectivity index (χ4n) is 1.68. The van der Waals surface area contributed by atoms with E-state index in [4.69, 9.17) is 4.74 Å². The van der Waals surface area contributed by atoms with Gasteiger partial charge in [0.05, 0.1) is 12.8 Å². The molecule has 17 heavy (non-hydrogen) atoms. The Morgan fingerprint density at radius 3 is 2.59 bits per heavy atom. The highest BCUT2D eigenvalue weighted by molar-refractivity contribution is 5.58. The molecule has 0 spiro atoms. The van der Waals surface area contributed by atoms with Gasteiger partial charge in [0.25, 0.3) is 0 Å². The molecule has 0 saturated carbocycles. The van der Waals surface area contributed by atoms with E-state index in [9.17, 15) is 0 Å². The standard InChI is InChI=1S/C14H24N2O/c1-5-15-8-9-16-13-7-6-12(11(2)3)10-14(13)17-4/h6-7,10-11,15-16H,5,8-9H2,1-4H3. The first-order valence-corrected chi connectivity index (χ1v) is 6.31. The Kier molecular flexibility index (Phi) is 5.84. The van der Waals surface area contributed by atoms with Gasteiger partial charge in [0.2, 0.25) is 0 Å². The third-order valence-corrected chi connectivity index (χ3v) is 2.76. The van der Waals surface area contributed by atoms with Gasteiger partial charge in [-0.2, -0.15) is 0 Å². The number of ether oxygens (including phenoxy) is 1. The zero-order valence-corrected chi connectivity index (χ0v) is 11.3. The van der Waals surface area contributed by atoms with Crippen LogP contribution in [0.1, 0.15) is 32.3 Å². The number of rotatable bonds is 7.